The van der Waals surface area contributed by atoms with Crippen LogP contribution in [0, 0.1) is 13.8 Å². The van der Waals surface area contributed by atoms with Crippen LogP contribution < -0.4 is 4.74 Å². The van der Waals surface area contributed by atoms with Crippen LogP contribution in [0.25, 0.3) is 10.9 Å². The zero-order valence-electron chi connectivity index (χ0n) is 8.84. The molecule has 4 heteroatoms. The highest BCUT2D eigenvalue weighted by atomic mass is 35.5. The Hall–Kier alpha value is -1.35. The minimum atomic E-state index is 0.594. The van der Waals surface area contributed by atoms with E-state index in [4.69, 9.17) is 16.3 Å². The Labute approximate surface area is 93.1 Å². The summed E-state index contributed by atoms with van der Waals surface area (Å²) in [5.41, 5.74) is 2.66. The second kappa shape index (κ2) is 3.66. The maximum Gasteiger partial charge on any atom is 0.218 e. The molecule has 0 aromatic carbocycles. The Morgan fingerprint density at radius 1 is 1.33 bits per heavy atom. The monoisotopic (exact) mass is 222 g/mol. The van der Waals surface area contributed by atoms with Crippen LogP contribution >= 0.6 is 11.6 Å². The van der Waals surface area contributed by atoms with Crippen LogP contribution in [0.1, 0.15) is 11.3 Å². The topological polar surface area (TPSA) is 35.0 Å². The van der Waals surface area contributed by atoms with Gasteiger partial charge in [0, 0.05) is 22.8 Å². The van der Waals surface area contributed by atoms with Crippen molar-refractivity contribution in [3.8, 4) is 5.88 Å². The predicted octanol–water partition coefficient (Wildman–Crippen LogP) is 2.91. The van der Waals surface area contributed by atoms with Crippen molar-refractivity contribution in [2.24, 2.45) is 0 Å². The molecule has 0 aliphatic rings. The maximum absolute atomic E-state index is 6.11. The number of hydrogen-bond acceptors (Lipinski definition) is 3. The number of pyridine rings is 2. The Kier molecular flexibility index (Phi) is 2.49. The normalized spacial score (nSPS) is 10.7. The van der Waals surface area contributed by atoms with Crippen LogP contribution in [-0.2, 0) is 0 Å². The van der Waals surface area contributed by atoms with Crippen LogP contribution in [0.3, 0.4) is 0 Å². The van der Waals surface area contributed by atoms with Crippen molar-refractivity contribution in [1.82, 2.24) is 9.97 Å². The molecule has 78 valence electrons. The van der Waals surface area contributed by atoms with Gasteiger partial charge in [-0.05, 0) is 19.9 Å². The minimum absolute atomic E-state index is 0.594. The summed E-state index contributed by atoms with van der Waals surface area (Å²) in [7, 11) is 1.60. The third-order valence-electron chi connectivity index (χ3n) is 2.32. The Morgan fingerprint density at radius 3 is 2.73 bits per heavy atom. The SMILES string of the molecule is COc1ncc2c(Cl)cc(C)nc2c1C. The average Bonchev–Trinajstić information content (AvgIpc) is 2.19. The molecule has 0 spiro atoms. The Bertz CT molecular complexity index is 525. The van der Waals surface area contributed by atoms with Crippen LogP contribution in [0.15, 0.2) is 12.3 Å². The smallest absolute Gasteiger partial charge is 0.218 e. The van der Waals surface area contributed by atoms with Gasteiger partial charge in [0.25, 0.3) is 0 Å². The maximum atomic E-state index is 6.11. The van der Waals surface area contributed by atoms with Gasteiger partial charge in [0.15, 0.2) is 0 Å². The second-order valence-electron chi connectivity index (χ2n) is 3.40. The van der Waals surface area contributed by atoms with Gasteiger partial charge in [-0.25, -0.2) is 4.98 Å². The van der Waals surface area contributed by atoms with Gasteiger partial charge in [0.05, 0.1) is 17.6 Å². The first-order valence-electron chi connectivity index (χ1n) is 4.60. The second-order valence-corrected chi connectivity index (χ2v) is 3.81. The highest BCUT2D eigenvalue weighted by Crippen LogP contribution is 2.28. The molecule has 0 bridgehead atoms. The summed E-state index contributed by atoms with van der Waals surface area (Å²) in [5.74, 6) is 0.594. The van der Waals surface area contributed by atoms with Crippen molar-refractivity contribution in [1.29, 1.82) is 0 Å². The lowest BCUT2D eigenvalue weighted by Crippen LogP contribution is -1.95. The predicted molar refractivity (Wildman–Crippen MR) is 60.6 cm³/mol. The van der Waals surface area contributed by atoms with Crippen molar-refractivity contribution in [2.75, 3.05) is 7.11 Å². The molecule has 2 aromatic heterocycles. The fourth-order valence-corrected chi connectivity index (χ4v) is 1.88. The molecular weight excluding hydrogens is 212 g/mol. The molecule has 0 unspecified atom stereocenters. The third kappa shape index (κ3) is 1.63. The fourth-order valence-electron chi connectivity index (χ4n) is 1.58. The van der Waals surface area contributed by atoms with Crippen molar-refractivity contribution >= 4 is 22.5 Å². The molecule has 0 aliphatic heterocycles. The molecule has 0 atom stereocenters. The molecule has 2 rings (SSSR count). The average molecular weight is 223 g/mol. The van der Waals surface area contributed by atoms with E-state index in [0.717, 1.165) is 22.2 Å². The lowest BCUT2D eigenvalue weighted by atomic mass is 10.2. The summed E-state index contributed by atoms with van der Waals surface area (Å²) >= 11 is 6.11. The zero-order chi connectivity index (χ0) is 11.0. The quantitative estimate of drug-likeness (QED) is 0.744. The van der Waals surface area contributed by atoms with Crippen LogP contribution in [0.4, 0.5) is 0 Å². The van der Waals surface area contributed by atoms with E-state index in [1.165, 1.54) is 0 Å². The fraction of sp³-hybridized carbons (Fsp3) is 0.273. The molecule has 0 saturated carbocycles. The summed E-state index contributed by atoms with van der Waals surface area (Å²) in [5, 5.41) is 1.54. The van der Waals surface area contributed by atoms with Gasteiger partial charge in [-0.2, -0.15) is 0 Å². The molecule has 0 N–H and O–H groups in total. The number of fused-ring (bicyclic) bond motifs is 1. The Morgan fingerprint density at radius 2 is 2.07 bits per heavy atom. The molecule has 2 heterocycles. The first-order chi connectivity index (χ1) is 7.13. The first kappa shape index (κ1) is 10.2. The molecule has 0 amide bonds. The van der Waals surface area contributed by atoms with E-state index in [1.807, 2.05) is 19.9 Å². The summed E-state index contributed by atoms with van der Waals surface area (Å²) in [6.45, 7) is 3.84. The van der Waals surface area contributed by atoms with Gasteiger partial charge in [0.2, 0.25) is 5.88 Å². The number of hydrogen-bond donors (Lipinski definition) is 0. The van der Waals surface area contributed by atoms with Gasteiger partial charge in [-0.3, -0.25) is 4.98 Å². The lowest BCUT2D eigenvalue weighted by Gasteiger charge is -2.07. The van der Waals surface area contributed by atoms with Crippen LogP contribution in [-0.4, -0.2) is 17.1 Å². The van der Waals surface area contributed by atoms with E-state index in [2.05, 4.69) is 9.97 Å². The molecule has 0 saturated heterocycles. The molecular formula is C11H11ClN2O. The van der Waals surface area contributed by atoms with Crippen LogP contribution in [0.5, 0.6) is 5.88 Å². The first-order valence-corrected chi connectivity index (χ1v) is 4.97. The molecule has 3 nitrogen and oxygen atoms in total. The van der Waals surface area contributed by atoms with E-state index in [0.29, 0.717) is 10.9 Å². The van der Waals surface area contributed by atoms with Crippen molar-refractivity contribution in [2.45, 2.75) is 13.8 Å². The molecule has 0 aliphatic carbocycles. The Balaban J connectivity index is 2.86. The molecule has 0 radical (unpaired) electrons. The number of halogens is 1. The zero-order valence-corrected chi connectivity index (χ0v) is 9.59. The number of aromatic nitrogens is 2. The van der Waals surface area contributed by atoms with Crippen LogP contribution in [0.2, 0.25) is 5.02 Å². The van der Waals surface area contributed by atoms with E-state index in [-0.39, 0.29) is 0 Å². The van der Waals surface area contributed by atoms with E-state index in [1.54, 1.807) is 13.3 Å². The lowest BCUT2D eigenvalue weighted by molar-refractivity contribution is 0.395. The number of nitrogens with zero attached hydrogens (tertiary/aromatic N) is 2. The number of aryl methyl sites for hydroxylation is 2. The van der Waals surface area contributed by atoms with E-state index < -0.39 is 0 Å². The summed E-state index contributed by atoms with van der Waals surface area (Å²) in [6.07, 6.45) is 1.69. The third-order valence-corrected chi connectivity index (χ3v) is 2.63. The summed E-state index contributed by atoms with van der Waals surface area (Å²) in [6, 6.07) is 1.83. The van der Waals surface area contributed by atoms with Gasteiger partial charge >= 0.3 is 0 Å². The molecule has 15 heavy (non-hydrogen) atoms. The molecule has 0 fully saturated rings. The van der Waals surface area contributed by atoms with E-state index in [9.17, 15) is 0 Å². The summed E-state index contributed by atoms with van der Waals surface area (Å²) < 4.78 is 5.14. The van der Waals surface area contributed by atoms with Gasteiger partial charge in [0.1, 0.15) is 0 Å². The number of rotatable bonds is 1. The van der Waals surface area contributed by atoms with E-state index >= 15 is 0 Å². The van der Waals surface area contributed by atoms with Crippen molar-refractivity contribution < 1.29 is 4.74 Å². The summed E-state index contributed by atoms with van der Waals surface area (Å²) in [4.78, 5) is 8.61. The van der Waals surface area contributed by atoms with Gasteiger partial charge < -0.3 is 4.74 Å². The largest absolute Gasteiger partial charge is 0.481 e. The van der Waals surface area contributed by atoms with Gasteiger partial charge in [-0.1, -0.05) is 11.6 Å². The highest BCUT2D eigenvalue weighted by molar-refractivity contribution is 6.35. The van der Waals surface area contributed by atoms with Crippen molar-refractivity contribution in [3.63, 3.8) is 0 Å². The van der Waals surface area contributed by atoms with Crippen molar-refractivity contribution in [3.05, 3.63) is 28.5 Å². The number of methoxy groups -OCH3 is 1. The highest BCUT2D eigenvalue weighted by Gasteiger charge is 2.09. The van der Waals surface area contributed by atoms with Gasteiger partial charge in [-0.15, -0.1) is 0 Å². The number of ether oxygens (including phenoxy) is 1. The minimum Gasteiger partial charge on any atom is -0.481 e. The standard InChI is InChI=1S/C11H11ClN2O/c1-6-4-9(12)8-5-13-11(15-3)7(2)10(8)14-6/h4-5H,1-3H3. The molecule has 2 aromatic rings.